The second-order valence-electron chi connectivity index (χ2n) is 3.82. The Labute approximate surface area is 92.6 Å². The molecule has 0 aliphatic heterocycles. The van der Waals surface area contributed by atoms with Crippen LogP contribution in [-0.4, -0.2) is 10.5 Å². The minimum atomic E-state index is -0.711. The van der Waals surface area contributed by atoms with Crippen molar-refractivity contribution in [2.24, 2.45) is 0 Å². The van der Waals surface area contributed by atoms with Crippen LogP contribution in [0.4, 0.5) is 15.8 Å². The topological polar surface area (TPSA) is 55.2 Å². The molecule has 0 heterocycles. The molecular weight excluding hydrogens is 211 g/mol. The number of halogens is 1. The van der Waals surface area contributed by atoms with Crippen LogP contribution in [-0.2, 0) is 0 Å². The number of benzene rings is 1. The predicted octanol–water partition coefficient (Wildman–Crippen LogP) is 2.56. The van der Waals surface area contributed by atoms with Gasteiger partial charge in [-0.3, -0.25) is 10.1 Å². The van der Waals surface area contributed by atoms with Crippen LogP contribution in [0.3, 0.4) is 0 Å². The first-order chi connectivity index (χ1) is 7.35. The van der Waals surface area contributed by atoms with Crippen LogP contribution >= 0.6 is 0 Å². The zero-order valence-corrected chi connectivity index (χ0v) is 8.95. The van der Waals surface area contributed by atoms with Gasteiger partial charge in [-0.2, -0.15) is 0 Å². The first-order valence-electron chi connectivity index (χ1n) is 4.55. The van der Waals surface area contributed by atoms with E-state index in [1.807, 2.05) is 0 Å². The second-order valence-corrected chi connectivity index (χ2v) is 3.82. The Kier molecular flexibility index (Phi) is 3.14. The highest BCUT2D eigenvalue weighted by Crippen LogP contribution is 2.23. The largest absolute Gasteiger partial charge is 0.367 e. The summed E-state index contributed by atoms with van der Waals surface area (Å²) in [7, 11) is 0. The van der Waals surface area contributed by atoms with Crippen LogP contribution in [0.25, 0.3) is 0 Å². The molecule has 4 nitrogen and oxygen atoms in total. The van der Waals surface area contributed by atoms with Gasteiger partial charge in [0.2, 0.25) is 0 Å². The van der Waals surface area contributed by atoms with E-state index in [1.165, 1.54) is 12.1 Å². The summed E-state index contributed by atoms with van der Waals surface area (Å²) >= 11 is 0. The number of nitro benzene ring substituents is 1. The highest BCUT2D eigenvalue weighted by atomic mass is 19.1. The van der Waals surface area contributed by atoms with Crippen LogP contribution < -0.4 is 5.32 Å². The first kappa shape index (κ1) is 12.0. The Bertz CT molecular complexity index is 464. The van der Waals surface area contributed by atoms with Gasteiger partial charge in [-0.15, -0.1) is 6.42 Å². The molecule has 0 aliphatic carbocycles. The molecule has 84 valence electrons. The van der Waals surface area contributed by atoms with Crippen LogP contribution in [0.15, 0.2) is 18.2 Å². The van der Waals surface area contributed by atoms with E-state index in [4.69, 9.17) is 6.42 Å². The molecule has 0 bridgehead atoms. The number of hydrogen-bond donors (Lipinski definition) is 1. The lowest BCUT2D eigenvalue weighted by molar-refractivity contribution is -0.385. The third kappa shape index (κ3) is 2.70. The van der Waals surface area contributed by atoms with Gasteiger partial charge in [0.25, 0.3) is 5.69 Å². The number of nitrogens with one attached hydrogen (secondary N) is 1. The predicted molar refractivity (Wildman–Crippen MR) is 59.6 cm³/mol. The van der Waals surface area contributed by atoms with E-state index in [-0.39, 0.29) is 11.4 Å². The Morgan fingerprint density at radius 3 is 2.62 bits per heavy atom. The average Bonchev–Trinajstić information content (AvgIpc) is 2.20. The maximum atomic E-state index is 13.4. The van der Waals surface area contributed by atoms with E-state index in [0.29, 0.717) is 0 Å². The fraction of sp³-hybridized carbons (Fsp3) is 0.273. The Morgan fingerprint density at radius 1 is 1.56 bits per heavy atom. The third-order valence-electron chi connectivity index (χ3n) is 1.97. The molecule has 1 N–H and O–H groups in total. The number of terminal acetylenes is 1. The summed E-state index contributed by atoms with van der Waals surface area (Å²) in [5, 5.41) is 13.2. The zero-order chi connectivity index (χ0) is 12.3. The van der Waals surface area contributed by atoms with Gasteiger partial charge >= 0.3 is 0 Å². The summed E-state index contributed by atoms with van der Waals surface area (Å²) in [5.74, 6) is 1.75. The number of non-ortho nitro benzene ring substituents is 1. The smallest absolute Gasteiger partial charge is 0.272 e. The number of nitro groups is 1. The van der Waals surface area contributed by atoms with E-state index in [0.717, 1.165) is 6.07 Å². The van der Waals surface area contributed by atoms with Crippen LogP contribution in [0.1, 0.15) is 13.8 Å². The lowest BCUT2D eigenvalue weighted by Gasteiger charge is -2.21. The van der Waals surface area contributed by atoms with Crippen molar-refractivity contribution in [1.82, 2.24) is 0 Å². The summed E-state index contributed by atoms with van der Waals surface area (Å²) in [6.45, 7) is 3.40. The third-order valence-corrected chi connectivity index (χ3v) is 1.97. The number of anilines is 1. The molecule has 1 rings (SSSR count). The molecule has 1 aromatic rings. The fourth-order valence-electron chi connectivity index (χ4n) is 1.09. The van der Waals surface area contributed by atoms with Crippen molar-refractivity contribution in [2.45, 2.75) is 19.4 Å². The SMILES string of the molecule is C#CC(C)(C)Nc1ccc([N+](=O)[O-])cc1F. The van der Waals surface area contributed by atoms with Gasteiger partial charge in [-0.1, -0.05) is 5.92 Å². The standard InChI is InChI=1S/C11H11FN2O2/c1-4-11(2,3)13-10-6-5-8(14(15)16)7-9(10)12/h1,5-7,13H,2-3H3. The molecule has 0 aromatic heterocycles. The Balaban J connectivity index is 3.02. The molecular formula is C11H11FN2O2. The Hall–Kier alpha value is -2.09. The number of nitrogens with zero attached hydrogens (tertiary/aromatic N) is 1. The minimum Gasteiger partial charge on any atom is -0.367 e. The fourth-order valence-corrected chi connectivity index (χ4v) is 1.09. The number of rotatable bonds is 3. The van der Waals surface area contributed by atoms with Crippen molar-refractivity contribution in [3.63, 3.8) is 0 Å². The zero-order valence-electron chi connectivity index (χ0n) is 8.95. The Morgan fingerprint density at radius 2 is 2.19 bits per heavy atom. The van der Waals surface area contributed by atoms with Gasteiger partial charge in [0.05, 0.1) is 22.2 Å². The van der Waals surface area contributed by atoms with E-state index >= 15 is 0 Å². The van der Waals surface area contributed by atoms with E-state index in [9.17, 15) is 14.5 Å². The lowest BCUT2D eigenvalue weighted by Crippen LogP contribution is -2.28. The van der Waals surface area contributed by atoms with Gasteiger partial charge in [0, 0.05) is 6.07 Å². The number of hydrogen-bond acceptors (Lipinski definition) is 3. The summed E-state index contributed by atoms with van der Waals surface area (Å²) in [6.07, 6.45) is 5.24. The van der Waals surface area contributed by atoms with Crippen molar-refractivity contribution in [1.29, 1.82) is 0 Å². The molecule has 0 aliphatic rings. The van der Waals surface area contributed by atoms with E-state index in [1.54, 1.807) is 13.8 Å². The second kappa shape index (κ2) is 4.19. The molecule has 0 fully saturated rings. The van der Waals surface area contributed by atoms with Gasteiger partial charge in [-0.05, 0) is 19.9 Å². The molecule has 0 saturated carbocycles. The molecule has 0 amide bonds. The molecule has 1 aromatic carbocycles. The van der Waals surface area contributed by atoms with Crippen molar-refractivity contribution < 1.29 is 9.31 Å². The lowest BCUT2D eigenvalue weighted by atomic mass is 10.1. The van der Waals surface area contributed by atoms with Crippen LogP contribution in [0.5, 0.6) is 0 Å². The maximum absolute atomic E-state index is 13.4. The highest BCUT2D eigenvalue weighted by Gasteiger charge is 2.17. The summed E-state index contributed by atoms with van der Waals surface area (Å²) in [6, 6.07) is 3.37. The van der Waals surface area contributed by atoms with Gasteiger partial charge in [0.15, 0.2) is 5.82 Å². The maximum Gasteiger partial charge on any atom is 0.272 e. The molecule has 5 heteroatoms. The summed E-state index contributed by atoms with van der Waals surface area (Å²) in [4.78, 5) is 9.74. The monoisotopic (exact) mass is 222 g/mol. The van der Waals surface area contributed by atoms with Crippen LogP contribution in [0.2, 0.25) is 0 Å². The minimum absolute atomic E-state index is 0.147. The van der Waals surface area contributed by atoms with Gasteiger partial charge in [-0.25, -0.2) is 4.39 Å². The van der Waals surface area contributed by atoms with Gasteiger partial charge < -0.3 is 5.32 Å². The van der Waals surface area contributed by atoms with Gasteiger partial charge in [0.1, 0.15) is 0 Å². The molecule has 16 heavy (non-hydrogen) atoms. The molecule has 0 atom stereocenters. The molecule has 0 unspecified atom stereocenters. The van der Waals surface area contributed by atoms with Crippen molar-refractivity contribution in [3.05, 3.63) is 34.1 Å². The summed E-state index contributed by atoms with van der Waals surface area (Å²) in [5.41, 5.74) is -0.855. The summed E-state index contributed by atoms with van der Waals surface area (Å²) < 4.78 is 13.4. The molecule has 0 radical (unpaired) electrons. The van der Waals surface area contributed by atoms with E-state index in [2.05, 4.69) is 11.2 Å². The average molecular weight is 222 g/mol. The van der Waals surface area contributed by atoms with E-state index < -0.39 is 16.3 Å². The van der Waals surface area contributed by atoms with Crippen molar-refractivity contribution in [2.75, 3.05) is 5.32 Å². The molecule has 0 spiro atoms. The quantitative estimate of drug-likeness (QED) is 0.485. The normalized spacial score (nSPS) is 10.6. The highest BCUT2D eigenvalue weighted by molar-refractivity contribution is 5.52. The van der Waals surface area contributed by atoms with Crippen molar-refractivity contribution >= 4 is 11.4 Å². The van der Waals surface area contributed by atoms with Crippen LogP contribution in [0, 0.1) is 28.3 Å². The molecule has 0 saturated heterocycles. The first-order valence-corrected chi connectivity index (χ1v) is 4.55. The van der Waals surface area contributed by atoms with Crippen molar-refractivity contribution in [3.8, 4) is 12.3 Å².